The van der Waals surface area contributed by atoms with E-state index in [4.69, 9.17) is 4.74 Å². The maximum Gasteiger partial charge on any atom is 0.139 e. The van der Waals surface area contributed by atoms with E-state index in [1.165, 1.54) is 7.11 Å². The van der Waals surface area contributed by atoms with Crippen LogP contribution in [0.15, 0.2) is 16.6 Å². The van der Waals surface area contributed by atoms with E-state index in [2.05, 4.69) is 21.2 Å². The number of ether oxygens (including phenoxy) is 1. The summed E-state index contributed by atoms with van der Waals surface area (Å²) in [5.74, 6) is 0.546. The van der Waals surface area contributed by atoms with Gasteiger partial charge in [-0.25, -0.2) is 0 Å². The fourth-order valence-corrected chi connectivity index (χ4v) is 1.81. The Balaban J connectivity index is 3.06. The van der Waals surface area contributed by atoms with Crippen molar-refractivity contribution in [3.63, 3.8) is 0 Å². The van der Waals surface area contributed by atoms with Gasteiger partial charge in [-0.05, 0) is 35.1 Å². The standard InChI is InChI=1S/C10H14BrNO3/c1-12-5-7(13)6-3-4-8(15-2)9(11)10(6)14/h3-4,7,12-14H,5H2,1-2H3. The third kappa shape index (κ3) is 2.62. The van der Waals surface area contributed by atoms with Crippen LogP contribution in [0.25, 0.3) is 0 Å². The number of likely N-dealkylation sites (N-methyl/N-ethyl adjacent to an activating group) is 1. The number of nitrogens with one attached hydrogen (secondary N) is 1. The highest BCUT2D eigenvalue weighted by atomic mass is 79.9. The minimum atomic E-state index is -0.739. The summed E-state index contributed by atoms with van der Waals surface area (Å²) < 4.78 is 5.47. The van der Waals surface area contributed by atoms with Gasteiger partial charge in [-0.3, -0.25) is 0 Å². The molecular formula is C10H14BrNO3. The number of phenols is 1. The molecule has 1 aromatic carbocycles. The van der Waals surface area contributed by atoms with E-state index in [1.807, 2.05) is 0 Å². The van der Waals surface area contributed by atoms with Crippen molar-refractivity contribution < 1.29 is 14.9 Å². The number of phenolic OH excluding ortho intramolecular Hbond substituents is 1. The summed E-state index contributed by atoms with van der Waals surface area (Å²) in [5, 5.41) is 22.3. The topological polar surface area (TPSA) is 61.7 Å². The lowest BCUT2D eigenvalue weighted by Gasteiger charge is -2.14. The van der Waals surface area contributed by atoms with Crippen LogP contribution < -0.4 is 10.1 Å². The molecule has 1 rings (SSSR count). The van der Waals surface area contributed by atoms with Gasteiger partial charge in [-0.1, -0.05) is 0 Å². The van der Waals surface area contributed by atoms with Crippen molar-refractivity contribution in [1.29, 1.82) is 0 Å². The molecule has 0 radical (unpaired) electrons. The van der Waals surface area contributed by atoms with Crippen LogP contribution in [-0.4, -0.2) is 30.9 Å². The van der Waals surface area contributed by atoms with E-state index >= 15 is 0 Å². The summed E-state index contributed by atoms with van der Waals surface area (Å²) in [5.41, 5.74) is 0.469. The molecule has 0 aliphatic rings. The number of methoxy groups -OCH3 is 1. The first-order valence-electron chi connectivity index (χ1n) is 4.49. The first kappa shape index (κ1) is 12.3. The Bertz CT molecular complexity index is 344. The van der Waals surface area contributed by atoms with Gasteiger partial charge in [-0.2, -0.15) is 0 Å². The van der Waals surface area contributed by atoms with Crippen LogP contribution in [0.2, 0.25) is 0 Å². The third-order valence-corrected chi connectivity index (χ3v) is 2.85. The molecule has 0 bridgehead atoms. The van der Waals surface area contributed by atoms with Crippen molar-refractivity contribution in [2.45, 2.75) is 6.10 Å². The van der Waals surface area contributed by atoms with Gasteiger partial charge >= 0.3 is 0 Å². The van der Waals surface area contributed by atoms with Gasteiger partial charge in [0.15, 0.2) is 0 Å². The Labute approximate surface area is 97.0 Å². The molecule has 0 fully saturated rings. The third-order valence-electron chi connectivity index (χ3n) is 2.09. The number of hydrogen-bond acceptors (Lipinski definition) is 4. The molecule has 15 heavy (non-hydrogen) atoms. The average Bonchev–Trinajstić information content (AvgIpc) is 2.22. The minimum Gasteiger partial charge on any atom is -0.506 e. The molecular weight excluding hydrogens is 262 g/mol. The molecule has 84 valence electrons. The first-order chi connectivity index (χ1) is 7.11. The predicted molar refractivity (Wildman–Crippen MR) is 61.2 cm³/mol. The zero-order chi connectivity index (χ0) is 11.4. The van der Waals surface area contributed by atoms with Crippen molar-refractivity contribution in [2.75, 3.05) is 20.7 Å². The Morgan fingerprint density at radius 2 is 2.20 bits per heavy atom. The van der Waals surface area contributed by atoms with Crippen LogP contribution >= 0.6 is 15.9 Å². The van der Waals surface area contributed by atoms with Crippen LogP contribution in [0.3, 0.4) is 0 Å². The van der Waals surface area contributed by atoms with Crippen molar-refractivity contribution in [3.8, 4) is 11.5 Å². The summed E-state index contributed by atoms with van der Waals surface area (Å²) in [6.07, 6.45) is -0.739. The van der Waals surface area contributed by atoms with E-state index in [0.29, 0.717) is 22.3 Å². The molecule has 0 spiro atoms. The fourth-order valence-electron chi connectivity index (χ4n) is 1.29. The van der Waals surface area contributed by atoms with Crippen LogP contribution in [0.1, 0.15) is 11.7 Å². The molecule has 1 unspecified atom stereocenters. The van der Waals surface area contributed by atoms with Crippen LogP contribution in [0.4, 0.5) is 0 Å². The van der Waals surface area contributed by atoms with Gasteiger partial charge in [0.2, 0.25) is 0 Å². The summed E-state index contributed by atoms with van der Waals surface area (Å²) in [4.78, 5) is 0. The van der Waals surface area contributed by atoms with Crippen LogP contribution in [0.5, 0.6) is 11.5 Å². The number of halogens is 1. The van der Waals surface area contributed by atoms with Gasteiger partial charge in [0.25, 0.3) is 0 Å². The van der Waals surface area contributed by atoms with Crippen molar-refractivity contribution in [2.24, 2.45) is 0 Å². The highest BCUT2D eigenvalue weighted by Gasteiger charge is 2.16. The van der Waals surface area contributed by atoms with E-state index < -0.39 is 6.10 Å². The molecule has 4 nitrogen and oxygen atoms in total. The Hall–Kier alpha value is -0.780. The van der Waals surface area contributed by atoms with Crippen molar-refractivity contribution in [3.05, 3.63) is 22.2 Å². The average molecular weight is 276 g/mol. The predicted octanol–water partition coefficient (Wildman–Crippen LogP) is 1.42. The van der Waals surface area contributed by atoms with E-state index in [0.717, 1.165) is 0 Å². The maximum absolute atomic E-state index is 9.79. The summed E-state index contributed by atoms with van der Waals surface area (Å²) in [6, 6.07) is 3.33. The normalized spacial score (nSPS) is 12.5. The number of aromatic hydroxyl groups is 1. The minimum absolute atomic E-state index is 0.0112. The summed E-state index contributed by atoms with van der Waals surface area (Å²) in [7, 11) is 3.25. The Morgan fingerprint density at radius 3 is 2.73 bits per heavy atom. The second-order valence-corrected chi connectivity index (χ2v) is 3.89. The van der Waals surface area contributed by atoms with E-state index in [1.54, 1.807) is 19.2 Å². The maximum atomic E-state index is 9.79. The number of benzene rings is 1. The lowest BCUT2D eigenvalue weighted by atomic mass is 10.1. The van der Waals surface area contributed by atoms with Gasteiger partial charge in [0.1, 0.15) is 16.0 Å². The molecule has 5 heteroatoms. The number of hydrogen-bond donors (Lipinski definition) is 3. The summed E-state index contributed by atoms with van der Waals surface area (Å²) in [6.45, 7) is 0.381. The summed E-state index contributed by atoms with van der Waals surface area (Å²) >= 11 is 3.20. The molecule has 0 aliphatic carbocycles. The van der Waals surface area contributed by atoms with Gasteiger partial charge < -0.3 is 20.3 Å². The Kier molecular flexibility index (Phi) is 4.38. The van der Waals surface area contributed by atoms with Crippen LogP contribution in [-0.2, 0) is 0 Å². The molecule has 0 amide bonds. The highest BCUT2D eigenvalue weighted by Crippen LogP contribution is 2.38. The monoisotopic (exact) mass is 275 g/mol. The van der Waals surface area contributed by atoms with Gasteiger partial charge in [-0.15, -0.1) is 0 Å². The molecule has 0 heterocycles. The smallest absolute Gasteiger partial charge is 0.139 e. The van der Waals surface area contributed by atoms with Gasteiger partial charge in [0, 0.05) is 12.1 Å². The van der Waals surface area contributed by atoms with Crippen molar-refractivity contribution in [1.82, 2.24) is 5.32 Å². The van der Waals surface area contributed by atoms with E-state index in [9.17, 15) is 10.2 Å². The molecule has 1 atom stereocenters. The zero-order valence-corrected chi connectivity index (χ0v) is 10.2. The molecule has 1 aromatic rings. The molecule has 0 saturated carbocycles. The second-order valence-electron chi connectivity index (χ2n) is 3.09. The number of aliphatic hydroxyl groups is 1. The zero-order valence-electron chi connectivity index (χ0n) is 8.62. The first-order valence-corrected chi connectivity index (χ1v) is 5.29. The SMILES string of the molecule is CNCC(O)c1ccc(OC)c(Br)c1O. The quantitative estimate of drug-likeness (QED) is 0.778. The van der Waals surface area contributed by atoms with E-state index in [-0.39, 0.29) is 5.75 Å². The fraction of sp³-hybridized carbons (Fsp3) is 0.400. The molecule has 0 aliphatic heterocycles. The lowest BCUT2D eigenvalue weighted by Crippen LogP contribution is -2.16. The van der Waals surface area contributed by atoms with Gasteiger partial charge in [0.05, 0.1) is 13.2 Å². The molecule has 3 N–H and O–H groups in total. The molecule has 0 aromatic heterocycles. The number of rotatable bonds is 4. The molecule has 0 saturated heterocycles. The largest absolute Gasteiger partial charge is 0.506 e. The number of aliphatic hydroxyl groups excluding tert-OH is 1. The van der Waals surface area contributed by atoms with Crippen LogP contribution in [0, 0.1) is 0 Å². The second kappa shape index (κ2) is 5.34. The lowest BCUT2D eigenvalue weighted by molar-refractivity contribution is 0.173. The Morgan fingerprint density at radius 1 is 1.53 bits per heavy atom. The van der Waals surface area contributed by atoms with Crippen molar-refractivity contribution >= 4 is 15.9 Å². The highest BCUT2D eigenvalue weighted by molar-refractivity contribution is 9.10.